The quantitative estimate of drug-likeness (QED) is 0.715. The summed E-state index contributed by atoms with van der Waals surface area (Å²) in [6.45, 7) is 4.39. The van der Waals surface area contributed by atoms with Crippen LogP contribution in [0.4, 0.5) is 0 Å². The fraction of sp³-hybridized carbons (Fsp3) is 0.235. The van der Waals surface area contributed by atoms with Crippen LogP contribution in [0.25, 0.3) is 22.4 Å². The zero-order valence-corrected chi connectivity index (χ0v) is 13.9. The van der Waals surface area contributed by atoms with Gasteiger partial charge in [0, 0.05) is 16.1 Å². The number of hydrogen-bond acceptors (Lipinski definition) is 2. The maximum Gasteiger partial charge on any atom is 0.138 e. The maximum atomic E-state index is 5.28. The van der Waals surface area contributed by atoms with Gasteiger partial charge < -0.3 is 9.72 Å². The van der Waals surface area contributed by atoms with Gasteiger partial charge in [-0.2, -0.15) is 0 Å². The molecule has 0 saturated carbocycles. The molecule has 21 heavy (non-hydrogen) atoms. The Morgan fingerprint density at radius 3 is 2.48 bits per heavy atom. The van der Waals surface area contributed by atoms with E-state index in [0.29, 0.717) is 5.92 Å². The van der Waals surface area contributed by atoms with Crippen LogP contribution in [-0.2, 0) is 0 Å². The van der Waals surface area contributed by atoms with Crippen molar-refractivity contribution in [3.05, 3.63) is 46.4 Å². The molecule has 1 heterocycles. The first-order valence-corrected chi connectivity index (χ1v) is 7.71. The Balaban J connectivity index is 2.06. The first kappa shape index (κ1) is 14.1. The number of nitrogens with one attached hydrogen (secondary N) is 1. The number of H-pyrrole nitrogens is 1. The summed E-state index contributed by atoms with van der Waals surface area (Å²) in [6, 6.07) is 12.4. The second-order valence-corrected chi connectivity index (χ2v) is 6.22. The van der Waals surface area contributed by atoms with Crippen molar-refractivity contribution in [2.75, 3.05) is 7.11 Å². The van der Waals surface area contributed by atoms with Crippen molar-refractivity contribution in [2.24, 2.45) is 0 Å². The van der Waals surface area contributed by atoms with E-state index in [1.807, 2.05) is 12.1 Å². The van der Waals surface area contributed by atoms with Crippen LogP contribution < -0.4 is 4.74 Å². The van der Waals surface area contributed by atoms with Crippen LogP contribution in [0.2, 0.25) is 0 Å². The van der Waals surface area contributed by atoms with Crippen molar-refractivity contribution in [1.82, 2.24) is 9.97 Å². The molecule has 0 bridgehead atoms. The number of halogens is 1. The first-order chi connectivity index (χ1) is 10.1. The van der Waals surface area contributed by atoms with Gasteiger partial charge in [-0.15, -0.1) is 0 Å². The molecule has 108 valence electrons. The number of rotatable bonds is 3. The lowest BCUT2D eigenvalue weighted by molar-refractivity contribution is 0.415. The Morgan fingerprint density at radius 1 is 1.14 bits per heavy atom. The number of imidazole rings is 1. The van der Waals surface area contributed by atoms with Gasteiger partial charge in [-0.05, 0) is 33.5 Å². The Labute approximate surface area is 132 Å². The lowest BCUT2D eigenvalue weighted by atomic mass is 10.0. The maximum absolute atomic E-state index is 5.28. The second kappa shape index (κ2) is 5.53. The molecule has 2 aromatic carbocycles. The molecule has 0 fully saturated rings. The number of aromatic amines is 1. The summed E-state index contributed by atoms with van der Waals surface area (Å²) >= 11 is 3.54. The second-order valence-electron chi connectivity index (χ2n) is 5.37. The molecule has 0 spiro atoms. The predicted octanol–water partition coefficient (Wildman–Crippen LogP) is 5.12. The molecule has 3 rings (SSSR count). The number of ether oxygens (including phenoxy) is 1. The molecule has 0 saturated heterocycles. The standard InChI is InChI=1S/C17H17BrN2O/c1-10(2)11-4-6-12(7-5-11)17-19-15-9-13(21-3)8-14(18)16(15)20-17/h4-10H,1-3H3,(H,19,20). The molecule has 0 radical (unpaired) electrons. The van der Waals surface area contributed by atoms with Crippen molar-refractivity contribution < 1.29 is 4.74 Å². The molecule has 0 unspecified atom stereocenters. The monoisotopic (exact) mass is 344 g/mol. The van der Waals surface area contributed by atoms with Crippen LogP contribution in [0.15, 0.2) is 40.9 Å². The van der Waals surface area contributed by atoms with Gasteiger partial charge in [0.25, 0.3) is 0 Å². The summed E-state index contributed by atoms with van der Waals surface area (Å²) in [5.41, 5.74) is 4.29. The number of benzene rings is 2. The molecule has 4 heteroatoms. The first-order valence-electron chi connectivity index (χ1n) is 6.92. The fourth-order valence-electron chi connectivity index (χ4n) is 2.33. The van der Waals surface area contributed by atoms with Gasteiger partial charge in [0.05, 0.1) is 12.6 Å². The Bertz CT molecular complexity index is 775. The highest BCUT2D eigenvalue weighted by molar-refractivity contribution is 9.10. The molecule has 0 amide bonds. The zero-order valence-electron chi connectivity index (χ0n) is 12.3. The van der Waals surface area contributed by atoms with Gasteiger partial charge >= 0.3 is 0 Å². The minimum atomic E-state index is 0.535. The lowest BCUT2D eigenvalue weighted by Gasteiger charge is -2.05. The Hall–Kier alpha value is -1.81. The summed E-state index contributed by atoms with van der Waals surface area (Å²) in [4.78, 5) is 8.03. The third-order valence-corrected chi connectivity index (χ3v) is 4.20. The molecule has 0 aliphatic rings. The topological polar surface area (TPSA) is 37.9 Å². The number of fused-ring (bicyclic) bond motifs is 1. The van der Waals surface area contributed by atoms with E-state index in [1.54, 1.807) is 7.11 Å². The van der Waals surface area contributed by atoms with E-state index in [9.17, 15) is 0 Å². The van der Waals surface area contributed by atoms with E-state index in [-0.39, 0.29) is 0 Å². The van der Waals surface area contributed by atoms with E-state index in [1.165, 1.54) is 5.56 Å². The van der Waals surface area contributed by atoms with Crippen LogP contribution in [0.3, 0.4) is 0 Å². The molecule has 1 aromatic heterocycles. The molecule has 1 N–H and O–H groups in total. The highest BCUT2D eigenvalue weighted by atomic mass is 79.9. The fourth-order valence-corrected chi connectivity index (χ4v) is 2.86. The molecule has 0 atom stereocenters. The molecule has 0 aliphatic carbocycles. The highest BCUT2D eigenvalue weighted by Crippen LogP contribution is 2.30. The van der Waals surface area contributed by atoms with Gasteiger partial charge in [-0.1, -0.05) is 38.1 Å². The molecule has 3 aromatic rings. The zero-order chi connectivity index (χ0) is 15.0. The molecule has 3 nitrogen and oxygen atoms in total. The van der Waals surface area contributed by atoms with Crippen LogP contribution >= 0.6 is 15.9 Å². The summed E-state index contributed by atoms with van der Waals surface area (Å²) in [5, 5.41) is 0. The number of nitrogens with zero attached hydrogens (tertiary/aromatic N) is 1. The van der Waals surface area contributed by atoms with Crippen molar-refractivity contribution >= 4 is 27.0 Å². The summed E-state index contributed by atoms with van der Waals surface area (Å²) in [5.74, 6) is 2.21. The third kappa shape index (κ3) is 2.68. The number of methoxy groups -OCH3 is 1. The van der Waals surface area contributed by atoms with E-state index in [2.05, 4.69) is 64.0 Å². The van der Waals surface area contributed by atoms with E-state index in [0.717, 1.165) is 32.6 Å². The largest absolute Gasteiger partial charge is 0.497 e. The highest BCUT2D eigenvalue weighted by Gasteiger charge is 2.10. The van der Waals surface area contributed by atoms with Crippen molar-refractivity contribution in [3.8, 4) is 17.1 Å². The van der Waals surface area contributed by atoms with Gasteiger partial charge in [0.1, 0.15) is 17.1 Å². The smallest absolute Gasteiger partial charge is 0.138 e. The molecular formula is C17H17BrN2O. The minimum absolute atomic E-state index is 0.535. The number of hydrogen-bond donors (Lipinski definition) is 1. The van der Waals surface area contributed by atoms with Gasteiger partial charge in [-0.3, -0.25) is 0 Å². The average molecular weight is 345 g/mol. The molecule has 0 aliphatic heterocycles. The molecular weight excluding hydrogens is 328 g/mol. The Morgan fingerprint density at radius 2 is 1.86 bits per heavy atom. The third-order valence-electron chi connectivity index (χ3n) is 3.60. The van der Waals surface area contributed by atoms with Crippen molar-refractivity contribution in [3.63, 3.8) is 0 Å². The lowest BCUT2D eigenvalue weighted by Crippen LogP contribution is -1.87. The van der Waals surface area contributed by atoms with E-state index < -0.39 is 0 Å². The van der Waals surface area contributed by atoms with Gasteiger partial charge in [0.2, 0.25) is 0 Å². The van der Waals surface area contributed by atoms with Crippen LogP contribution in [0, 0.1) is 0 Å². The summed E-state index contributed by atoms with van der Waals surface area (Å²) in [6.07, 6.45) is 0. The van der Waals surface area contributed by atoms with E-state index in [4.69, 9.17) is 4.74 Å². The summed E-state index contributed by atoms with van der Waals surface area (Å²) in [7, 11) is 1.66. The minimum Gasteiger partial charge on any atom is -0.497 e. The van der Waals surface area contributed by atoms with Gasteiger partial charge in [-0.25, -0.2) is 4.98 Å². The SMILES string of the molecule is COc1cc(Br)c2nc(-c3ccc(C(C)C)cc3)[nH]c2c1. The van der Waals surface area contributed by atoms with Crippen LogP contribution in [0.5, 0.6) is 5.75 Å². The number of aromatic nitrogens is 2. The van der Waals surface area contributed by atoms with E-state index >= 15 is 0 Å². The summed E-state index contributed by atoms with van der Waals surface area (Å²) < 4.78 is 6.21. The van der Waals surface area contributed by atoms with Gasteiger partial charge in [0.15, 0.2) is 0 Å². The Kier molecular flexibility index (Phi) is 3.72. The average Bonchev–Trinajstić information content (AvgIpc) is 2.91. The predicted molar refractivity (Wildman–Crippen MR) is 89.9 cm³/mol. The van der Waals surface area contributed by atoms with Crippen LogP contribution in [0.1, 0.15) is 25.3 Å². The normalized spacial score (nSPS) is 11.3. The van der Waals surface area contributed by atoms with Crippen LogP contribution in [-0.4, -0.2) is 17.1 Å². The van der Waals surface area contributed by atoms with Crippen molar-refractivity contribution in [1.29, 1.82) is 0 Å². The van der Waals surface area contributed by atoms with Crippen molar-refractivity contribution in [2.45, 2.75) is 19.8 Å².